The summed E-state index contributed by atoms with van der Waals surface area (Å²) in [4.78, 5) is 11.1. The van der Waals surface area contributed by atoms with Crippen molar-refractivity contribution < 1.29 is 14.6 Å². The lowest BCUT2D eigenvalue weighted by Crippen LogP contribution is -2.25. The first-order valence-electron chi connectivity index (χ1n) is 4.06. The molecular weight excluding hydrogens is 168 g/mol. The molecule has 0 heterocycles. The minimum atomic E-state index is -1.14. The van der Waals surface area contributed by atoms with Gasteiger partial charge in [-0.05, 0) is 33.8 Å². The summed E-state index contributed by atoms with van der Waals surface area (Å²) < 4.78 is 4.90. The van der Waals surface area contributed by atoms with Gasteiger partial charge in [0.05, 0.1) is 0 Å². The van der Waals surface area contributed by atoms with Crippen LogP contribution in [0.25, 0.3) is 0 Å². The maximum absolute atomic E-state index is 11.1. The first-order valence-corrected chi connectivity index (χ1v) is 4.06. The second-order valence-corrected chi connectivity index (χ2v) is 3.38. The summed E-state index contributed by atoms with van der Waals surface area (Å²) in [5.41, 5.74) is -0.830. The number of aliphatic hydroxyl groups is 1. The van der Waals surface area contributed by atoms with E-state index in [0.29, 0.717) is 5.57 Å². The number of carbonyl (C=O) groups excluding carboxylic acids is 1. The minimum Gasteiger partial charge on any atom is -0.425 e. The lowest BCUT2D eigenvalue weighted by molar-refractivity contribution is -0.138. The zero-order chi connectivity index (χ0) is 10.6. The van der Waals surface area contributed by atoms with Gasteiger partial charge in [0.2, 0.25) is 0 Å². The van der Waals surface area contributed by atoms with E-state index < -0.39 is 11.6 Å². The van der Waals surface area contributed by atoms with E-state index in [-0.39, 0.29) is 5.76 Å². The molecule has 0 rings (SSSR count). The van der Waals surface area contributed by atoms with E-state index in [9.17, 15) is 9.90 Å². The molecule has 0 aliphatic rings. The Morgan fingerprint density at radius 1 is 1.54 bits per heavy atom. The van der Waals surface area contributed by atoms with Crippen LogP contribution in [0, 0.1) is 0 Å². The predicted octanol–water partition coefficient (Wildman–Crippen LogP) is 1.78. The van der Waals surface area contributed by atoms with Crippen molar-refractivity contribution in [1.29, 1.82) is 0 Å². The summed E-state index contributed by atoms with van der Waals surface area (Å²) >= 11 is 0. The van der Waals surface area contributed by atoms with Crippen LogP contribution in [-0.2, 0) is 9.53 Å². The normalized spacial score (nSPS) is 12.5. The van der Waals surface area contributed by atoms with Crippen LogP contribution in [0.4, 0.5) is 0 Å². The lowest BCUT2D eigenvalue weighted by atomic mass is 10.1. The monoisotopic (exact) mass is 184 g/mol. The van der Waals surface area contributed by atoms with Crippen LogP contribution in [0.2, 0.25) is 0 Å². The molecule has 1 N–H and O–H groups in total. The highest BCUT2D eigenvalue weighted by atomic mass is 16.5. The fourth-order valence-corrected chi connectivity index (χ4v) is 0.724. The fraction of sp³-hybridized carbons (Fsp3) is 0.500. The van der Waals surface area contributed by atoms with Crippen LogP contribution < -0.4 is 0 Å². The molecule has 0 saturated carbocycles. The van der Waals surface area contributed by atoms with E-state index in [2.05, 4.69) is 6.58 Å². The summed E-state index contributed by atoms with van der Waals surface area (Å²) in [6.07, 6.45) is 1.56. The molecule has 0 bridgehead atoms. The van der Waals surface area contributed by atoms with Gasteiger partial charge in [0, 0.05) is 5.57 Å². The average Bonchev–Trinajstić information content (AvgIpc) is 1.96. The Labute approximate surface area is 78.7 Å². The summed E-state index contributed by atoms with van der Waals surface area (Å²) in [5, 5.41) is 9.53. The number of rotatable bonds is 3. The fourth-order valence-electron chi connectivity index (χ4n) is 0.724. The second kappa shape index (κ2) is 4.23. The lowest BCUT2D eigenvalue weighted by Gasteiger charge is -2.20. The molecule has 0 amide bonds. The van der Waals surface area contributed by atoms with Crippen molar-refractivity contribution in [2.24, 2.45) is 0 Å². The van der Waals surface area contributed by atoms with Gasteiger partial charge in [-0.1, -0.05) is 6.58 Å². The SMILES string of the molecule is C=C(C)C(=O)OC(=CC)C(C)(C)O. The standard InChI is InChI=1S/C10H16O3/c1-6-8(10(4,5)12)13-9(11)7(2)3/h6,12H,2H2,1,3-5H3. The van der Waals surface area contributed by atoms with E-state index in [1.54, 1.807) is 33.8 Å². The van der Waals surface area contributed by atoms with Crippen molar-refractivity contribution in [2.75, 3.05) is 0 Å². The third-order valence-electron chi connectivity index (χ3n) is 1.42. The largest absolute Gasteiger partial charge is 0.425 e. The van der Waals surface area contributed by atoms with E-state index in [1.807, 2.05) is 0 Å². The Bertz CT molecular complexity index is 243. The zero-order valence-electron chi connectivity index (χ0n) is 8.55. The molecule has 0 radical (unpaired) electrons. The molecule has 0 aliphatic heterocycles. The van der Waals surface area contributed by atoms with Crippen molar-refractivity contribution in [3.8, 4) is 0 Å². The predicted molar refractivity (Wildman–Crippen MR) is 51.0 cm³/mol. The molecular formula is C10H16O3. The van der Waals surface area contributed by atoms with Crippen molar-refractivity contribution >= 4 is 5.97 Å². The van der Waals surface area contributed by atoms with E-state index in [1.165, 1.54) is 0 Å². The number of hydrogen-bond donors (Lipinski definition) is 1. The van der Waals surface area contributed by atoms with Gasteiger partial charge in [-0.25, -0.2) is 4.79 Å². The molecule has 0 aromatic carbocycles. The number of esters is 1. The van der Waals surface area contributed by atoms with Crippen molar-refractivity contribution in [3.05, 3.63) is 24.0 Å². The Morgan fingerprint density at radius 3 is 2.23 bits per heavy atom. The van der Waals surface area contributed by atoms with Crippen LogP contribution in [0.15, 0.2) is 24.0 Å². The Kier molecular flexibility index (Phi) is 3.88. The van der Waals surface area contributed by atoms with Gasteiger partial charge in [0.1, 0.15) is 11.4 Å². The summed E-state index contributed by atoms with van der Waals surface area (Å²) in [7, 11) is 0. The summed E-state index contributed by atoms with van der Waals surface area (Å²) in [6.45, 7) is 9.79. The smallest absolute Gasteiger partial charge is 0.338 e. The Hall–Kier alpha value is -1.09. The van der Waals surface area contributed by atoms with Gasteiger partial charge in [-0.3, -0.25) is 0 Å². The summed E-state index contributed by atoms with van der Waals surface area (Å²) in [6, 6.07) is 0. The van der Waals surface area contributed by atoms with Gasteiger partial charge < -0.3 is 9.84 Å². The summed E-state index contributed by atoms with van der Waals surface area (Å²) in [5.74, 6) is -0.282. The molecule has 0 unspecified atom stereocenters. The topological polar surface area (TPSA) is 46.5 Å². The number of allylic oxidation sites excluding steroid dienone is 1. The first-order chi connectivity index (χ1) is 5.79. The van der Waals surface area contributed by atoms with Gasteiger partial charge in [0.25, 0.3) is 0 Å². The molecule has 0 aromatic heterocycles. The number of ether oxygens (including phenoxy) is 1. The Morgan fingerprint density at radius 2 is 2.00 bits per heavy atom. The maximum Gasteiger partial charge on any atom is 0.338 e. The van der Waals surface area contributed by atoms with Gasteiger partial charge in [0.15, 0.2) is 0 Å². The van der Waals surface area contributed by atoms with Crippen LogP contribution in [-0.4, -0.2) is 16.7 Å². The molecule has 74 valence electrons. The van der Waals surface area contributed by atoms with Crippen molar-refractivity contribution in [2.45, 2.75) is 33.3 Å². The van der Waals surface area contributed by atoms with E-state index >= 15 is 0 Å². The molecule has 0 spiro atoms. The molecule has 3 nitrogen and oxygen atoms in total. The zero-order valence-corrected chi connectivity index (χ0v) is 8.55. The van der Waals surface area contributed by atoms with Crippen LogP contribution in [0.3, 0.4) is 0 Å². The highest BCUT2D eigenvalue weighted by Crippen LogP contribution is 2.17. The van der Waals surface area contributed by atoms with Crippen LogP contribution in [0.1, 0.15) is 27.7 Å². The van der Waals surface area contributed by atoms with E-state index in [0.717, 1.165) is 0 Å². The molecule has 0 aromatic rings. The van der Waals surface area contributed by atoms with Gasteiger partial charge in [-0.2, -0.15) is 0 Å². The van der Waals surface area contributed by atoms with Crippen LogP contribution >= 0.6 is 0 Å². The molecule has 0 aliphatic carbocycles. The van der Waals surface area contributed by atoms with Crippen molar-refractivity contribution in [1.82, 2.24) is 0 Å². The third kappa shape index (κ3) is 3.90. The molecule has 0 atom stereocenters. The second-order valence-electron chi connectivity index (χ2n) is 3.38. The van der Waals surface area contributed by atoms with E-state index in [4.69, 9.17) is 4.74 Å². The minimum absolute atomic E-state index is 0.237. The highest BCUT2D eigenvalue weighted by molar-refractivity contribution is 5.87. The molecule has 0 saturated heterocycles. The first kappa shape index (κ1) is 11.9. The van der Waals surface area contributed by atoms with Crippen LogP contribution in [0.5, 0.6) is 0 Å². The quantitative estimate of drug-likeness (QED) is 0.413. The van der Waals surface area contributed by atoms with Gasteiger partial charge in [-0.15, -0.1) is 0 Å². The molecule has 3 heteroatoms. The number of hydrogen-bond acceptors (Lipinski definition) is 3. The highest BCUT2D eigenvalue weighted by Gasteiger charge is 2.22. The molecule has 0 fully saturated rings. The third-order valence-corrected chi connectivity index (χ3v) is 1.42. The average molecular weight is 184 g/mol. The number of carbonyl (C=O) groups is 1. The maximum atomic E-state index is 11.1. The van der Waals surface area contributed by atoms with Crippen molar-refractivity contribution in [3.63, 3.8) is 0 Å². The Balaban J connectivity index is 4.51. The molecule has 13 heavy (non-hydrogen) atoms. The van der Waals surface area contributed by atoms with Gasteiger partial charge >= 0.3 is 5.97 Å².